The van der Waals surface area contributed by atoms with Crippen LogP contribution in [0.1, 0.15) is 18.5 Å². The molecule has 0 radical (unpaired) electrons. The Morgan fingerprint density at radius 1 is 1.67 bits per heavy atom. The Morgan fingerprint density at radius 2 is 2.40 bits per heavy atom. The van der Waals surface area contributed by atoms with Crippen LogP contribution in [0.2, 0.25) is 5.02 Å². The first-order valence-corrected chi connectivity index (χ1v) is 6.17. The second-order valence-corrected chi connectivity index (χ2v) is 4.76. The van der Waals surface area contributed by atoms with Crippen molar-refractivity contribution in [2.75, 3.05) is 17.2 Å². The van der Waals surface area contributed by atoms with E-state index in [0.29, 0.717) is 10.8 Å². The molecule has 0 aliphatic rings. The highest BCUT2D eigenvalue weighted by molar-refractivity contribution is 7.99. The van der Waals surface area contributed by atoms with Gasteiger partial charge in [0.15, 0.2) is 0 Å². The van der Waals surface area contributed by atoms with E-state index >= 15 is 0 Å². The molecule has 0 saturated carbocycles. The Balaban J connectivity index is 2.85. The van der Waals surface area contributed by atoms with Gasteiger partial charge in [-0.3, -0.25) is 11.3 Å². The number of nitrogens with one attached hydrogen (secondary N) is 1. The van der Waals surface area contributed by atoms with Crippen molar-refractivity contribution in [1.82, 2.24) is 10.4 Å². The molecule has 0 aromatic carbocycles. The quantitative estimate of drug-likeness (QED) is 0.543. The lowest BCUT2D eigenvalue weighted by Crippen LogP contribution is -2.30. The van der Waals surface area contributed by atoms with Crippen molar-refractivity contribution in [3.63, 3.8) is 0 Å². The molecule has 1 rings (SSSR count). The van der Waals surface area contributed by atoms with Crippen LogP contribution in [0.15, 0.2) is 12.3 Å². The average molecular weight is 247 g/mol. The highest BCUT2D eigenvalue weighted by Crippen LogP contribution is 2.24. The minimum absolute atomic E-state index is 0.0128. The third-order valence-corrected chi connectivity index (χ3v) is 3.17. The molecule has 1 aromatic heterocycles. The lowest BCUT2D eigenvalue weighted by molar-refractivity contribution is 0.611. The van der Waals surface area contributed by atoms with Gasteiger partial charge in [-0.25, -0.2) is 4.98 Å². The molecule has 0 aliphatic carbocycles. The van der Waals surface area contributed by atoms with Crippen LogP contribution in [0.25, 0.3) is 0 Å². The van der Waals surface area contributed by atoms with E-state index < -0.39 is 0 Å². The Hall–Kier alpha value is -0.490. The molecule has 4 nitrogen and oxygen atoms in total. The zero-order valence-corrected chi connectivity index (χ0v) is 10.1. The summed E-state index contributed by atoms with van der Waals surface area (Å²) >= 11 is 7.64. The maximum atomic E-state index is 5.86. The van der Waals surface area contributed by atoms with Gasteiger partial charge >= 0.3 is 0 Å². The van der Waals surface area contributed by atoms with Crippen molar-refractivity contribution in [2.24, 2.45) is 5.84 Å². The van der Waals surface area contributed by atoms with E-state index in [4.69, 9.17) is 23.2 Å². The van der Waals surface area contributed by atoms with Crippen molar-refractivity contribution < 1.29 is 0 Å². The summed E-state index contributed by atoms with van der Waals surface area (Å²) < 4.78 is 0. The minimum Gasteiger partial charge on any atom is -0.383 e. The molecule has 84 valence electrons. The summed E-state index contributed by atoms with van der Waals surface area (Å²) in [7, 11) is 0. The number of anilines is 1. The number of thioether (sulfide) groups is 1. The Kier molecular flexibility index (Phi) is 5.17. The number of nitrogens with two attached hydrogens (primary N) is 2. The van der Waals surface area contributed by atoms with Crippen molar-refractivity contribution in [1.29, 1.82) is 0 Å². The van der Waals surface area contributed by atoms with Gasteiger partial charge in [0.2, 0.25) is 0 Å². The number of nitrogen functional groups attached to an aromatic ring is 1. The molecule has 1 unspecified atom stereocenters. The topological polar surface area (TPSA) is 77.0 Å². The van der Waals surface area contributed by atoms with Crippen molar-refractivity contribution in [2.45, 2.75) is 13.0 Å². The monoisotopic (exact) mass is 246 g/mol. The molecule has 6 heteroatoms. The number of aromatic nitrogens is 1. The summed E-state index contributed by atoms with van der Waals surface area (Å²) in [5.41, 5.74) is 9.34. The fourth-order valence-corrected chi connectivity index (χ4v) is 2.12. The third kappa shape index (κ3) is 3.53. The summed E-state index contributed by atoms with van der Waals surface area (Å²) in [5.74, 6) is 7.83. The number of rotatable bonds is 5. The number of nitrogens with zero attached hydrogens (tertiary/aromatic N) is 1. The highest BCUT2D eigenvalue weighted by Gasteiger charge is 2.13. The molecule has 0 aliphatic heterocycles. The molecule has 1 aromatic rings. The zero-order chi connectivity index (χ0) is 11.3. The normalized spacial score (nSPS) is 12.7. The Labute approximate surface area is 98.7 Å². The molecule has 0 spiro atoms. The van der Waals surface area contributed by atoms with E-state index in [1.165, 1.54) is 6.20 Å². The predicted octanol–water partition coefficient (Wildman–Crippen LogP) is 1.57. The fraction of sp³-hybridized carbons (Fsp3) is 0.444. The van der Waals surface area contributed by atoms with E-state index in [-0.39, 0.29) is 6.04 Å². The SMILES string of the molecule is CCSCC(NN)c1cc(Cl)cnc1N. The van der Waals surface area contributed by atoms with E-state index in [1.54, 1.807) is 17.8 Å². The molecule has 0 fully saturated rings. The minimum atomic E-state index is -0.0128. The lowest BCUT2D eigenvalue weighted by Gasteiger charge is -2.17. The number of hydrogen-bond acceptors (Lipinski definition) is 5. The number of halogens is 1. The molecular formula is C9H15ClN4S. The van der Waals surface area contributed by atoms with E-state index in [9.17, 15) is 0 Å². The number of hydrazine groups is 1. The van der Waals surface area contributed by atoms with Crippen LogP contribution in [0, 0.1) is 0 Å². The standard InChI is InChI=1S/C9H15ClN4S/c1-2-15-5-8(14-12)7-3-6(10)4-13-9(7)11/h3-4,8,14H,2,5,12H2,1H3,(H2,11,13). The second-order valence-electron chi connectivity index (χ2n) is 3.01. The van der Waals surface area contributed by atoms with Gasteiger partial charge < -0.3 is 5.73 Å². The second kappa shape index (κ2) is 6.17. The molecule has 1 heterocycles. The molecule has 15 heavy (non-hydrogen) atoms. The average Bonchev–Trinajstić information content (AvgIpc) is 2.24. The van der Waals surface area contributed by atoms with Crippen LogP contribution >= 0.6 is 23.4 Å². The van der Waals surface area contributed by atoms with Gasteiger partial charge in [0.05, 0.1) is 11.1 Å². The van der Waals surface area contributed by atoms with E-state index in [1.807, 2.05) is 0 Å². The molecule has 1 atom stereocenters. The third-order valence-electron chi connectivity index (χ3n) is 1.98. The van der Waals surface area contributed by atoms with Crippen LogP contribution in [-0.2, 0) is 0 Å². The molecule has 5 N–H and O–H groups in total. The van der Waals surface area contributed by atoms with Crippen molar-refractivity contribution in [3.05, 3.63) is 22.8 Å². The van der Waals surface area contributed by atoms with Crippen molar-refractivity contribution >= 4 is 29.2 Å². The van der Waals surface area contributed by atoms with Gasteiger partial charge in [0.25, 0.3) is 0 Å². The first kappa shape index (κ1) is 12.6. The number of hydrogen-bond donors (Lipinski definition) is 3. The molecule has 0 amide bonds. The molecule has 0 saturated heterocycles. The summed E-state index contributed by atoms with van der Waals surface area (Å²) in [4.78, 5) is 4.00. The Morgan fingerprint density at radius 3 is 3.00 bits per heavy atom. The first-order chi connectivity index (χ1) is 7.19. The maximum absolute atomic E-state index is 5.86. The summed E-state index contributed by atoms with van der Waals surface area (Å²) in [6.45, 7) is 2.10. The first-order valence-electron chi connectivity index (χ1n) is 4.63. The van der Waals surface area contributed by atoms with Gasteiger partial charge in [-0.1, -0.05) is 18.5 Å². The van der Waals surface area contributed by atoms with E-state index in [2.05, 4.69) is 17.3 Å². The van der Waals surface area contributed by atoms with Gasteiger partial charge in [-0.2, -0.15) is 11.8 Å². The predicted molar refractivity (Wildman–Crippen MR) is 66.7 cm³/mol. The zero-order valence-electron chi connectivity index (χ0n) is 8.53. The van der Waals surface area contributed by atoms with Gasteiger partial charge in [0, 0.05) is 17.5 Å². The van der Waals surface area contributed by atoms with Crippen LogP contribution in [0.5, 0.6) is 0 Å². The maximum Gasteiger partial charge on any atom is 0.128 e. The lowest BCUT2D eigenvalue weighted by atomic mass is 10.1. The van der Waals surface area contributed by atoms with Crippen LogP contribution in [0.3, 0.4) is 0 Å². The summed E-state index contributed by atoms with van der Waals surface area (Å²) in [6.07, 6.45) is 1.53. The Bertz CT molecular complexity index is 321. The van der Waals surface area contributed by atoms with E-state index in [0.717, 1.165) is 17.1 Å². The summed E-state index contributed by atoms with van der Waals surface area (Å²) in [5, 5.41) is 0.570. The highest BCUT2D eigenvalue weighted by atomic mass is 35.5. The smallest absolute Gasteiger partial charge is 0.128 e. The van der Waals surface area contributed by atoms with Crippen LogP contribution < -0.4 is 17.0 Å². The largest absolute Gasteiger partial charge is 0.383 e. The number of pyridine rings is 1. The fourth-order valence-electron chi connectivity index (χ4n) is 1.21. The van der Waals surface area contributed by atoms with Crippen LogP contribution in [0.4, 0.5) is 5.82 Å². The van der Waals surface area contributed by atoms with Gasteiger partial charge in [-0.05, 0) is 11.8 Å². The van der Waals surface area contributed by atoms with Crippen LogP contribution in [-0.4, -0.2) is 16.5 Å². The van der Waals surface area contributed by atoms with Gasteiger partial charge in [0.1, 0.15) is 5.82 Å². The molecule has 0 bridgehead atoms. The van der Waals surface area contributed by atoms with Crippen molar-refractivity contribution in [3.8, 4) is 0 Å². The summed E-state index contributed by atoms with van der Waals surface area (Å²) in [6, 6.07) is 1.78. The van der Waals surface area contributed by atoms with Gasteiger partial charge in [-0.15, -0.1) is 0 Å². The molecular weight excluding hydrogens is 232 g/mol.